The molecule has 2 rings (SSSR count). The van der Waals surface area contributed by atoms with Crippen LogP contribution in [-0.2, 0) is 17.1 Å². The summed E-state index contributed by atoms with van der Waals surface area (Å²) in [4.78, 5) is 11.0. The maximum absolute atomic E-state index is 13.7. The van der Waals surface area contributed by atoms with E-state index in [2.05, 4.69) is 4.74 Å². The lowest BCUT2D eigenvalue weighted by molar-refractivity contribution is -0.143. The van der Waals surface area contributed by atoms with Crippen LogP contribution in [0.25, 0.3) is 0 Å². The maximum Gasteiger partial charge on any atom is 0.416 e. The molecule has 1 heterocycles. The quantitative estimate of drug-likeness (QED) is 0.774. The summed E-state index contributed by atoms with van der Waals surface area (Å²) in [7, 11) is 0. The van der Waals surface area contributed by atoms with Crippen LogP contribution in [0.3, 0.4) is 0 Å². The van der Waals surface area contributed by atoms with Gasteiger partial charge in [-0.3, -0.25) is 0 Å². The summed E-state index contributed by atoms with van der Waals surface area (Å²) in [5, 5.41) is 1.53. The number of halogens is 8. The molecule has 1 saturated heterocycles. The van der Waals surface area contributed by atoms with E-state index < -0.39 is 53.7 Å². The lowest BCUT2D eigenvalue weighted by Crippen LogP contribution is -2.49. The molecule has 1 fully saturated rings. The van der Waals surface area contributed by atoms with Gasteiger partial charge in [-0.2, -0.15) is 26.3 Å². The van der Waals surface area contributed by atoms with E-state index in [0.717, 1.165) is 0 Å². The van der Waals surface area contributed by atoms with E-state index in [-0.39, 0.29) is 18.2 Å². The molecule has 0 saturated carbocycles. The SMILES string of the molecule is O=C1N[C@H](c2cc(C(F)(F)F)cc(C(F)(F)F)c2)C(F)(F)CO1. The van der Waals surface area contributed by atoms with Crippen LogP contribution in [0.5, 0.6) is 0 Å². The molecule has 1 aliphatic heterocycles. The Morgan fingerprint density at radius 2 is 1.48 bits per heavy atom. The first-order valence-electron chi connectivity index (χ1n) is 5.91. The van der Waals surface area contributed by atoms with Crippen molar-refractivity contribution >= 4 is 6.09 Å². The zero-order chi connectivity index (χ0) is 17.6. The molecule has 11 heteroatoms. The fourth-order valence-electron chi connectivity index (χ4n) is 1.98. The van der Waals surface area contributed by atoms with Gasteiger partial charge in [-0.25, -0.2) is 13.6 Å². The minimum atomic E-state index is -5.18. The van der Waals surface area contributed by atoms with Crippen molar-refractivity contribution in [3.63, 3.8) is 0 Å². The van der Waals surface area contributed by atoms with E-state index >= 15 is 0 Å². The zero-order valence-corrected chi connectivity index (χ0v) is 10.9. The van der Waals surface area contributed by atoms with Crippen LogP contribution < -0.4 is 5.32 Å². The predicted molar refractivity (Wildman–Crippen MR) is 58.6 cm³/mol. The summed E-state index contributed by atoms with van der Waals surface area (Å²) < 4.78 is 108. The predicted octanol–water partition coefficient (Wildman–Crippen LogP) is 4.14. The lowest BCUT2D eigenvalue weighted by Gasteiger charge is -2.32. The Bertz CT molecular complexity index is 590. The third kappa shape index (κ3) is 3.64. The molecule has 23 heavy (non-hydrogen) atoms. The van der Waals surface area contributed by atoms with Gasteiger partial charge in [0, 0.05) is 0 Å². The van der Waals surface area contributed by atoms with Crippen LogP contribution in [0.15, 0.2) is 18.2 Å². The first-order chi connectivity index (χ1) is 10.3. The van der Waals surface area contributed by atoms with Crippen molar-refractivity contribution in [2.75, 3.05) is 6.61 Å². The Morgan fingerprint density at radius 3 is 1.91 bits per heavy atom. The summed E-state index contributed by atoms with van der Waals surface area (Å²) in [5.41, 5.74) is -4.52. The van der Waals surface area contributed by atoms with Crippen molar-refractivity contribution in [1.82, 2.24) is 5.32 Å². The standard InChI is InChI=1S/C12H7F8NO2/c13-10(14)4-23-9(22)21-8(10)5-1-6(11(15,16)17)3-7(2-5)12(18,19)20/h1-3,8H,4H2,(H,21,22)/t8-/m1/s1. The van der Waals surface area contributed by atoms with Crippen LogP contribution in [0.1, 0.15) is 22.7 Å². The number of ether oxygens (including phenoxy) is 1. The molecule has 3 nitrogen and oxygen atoms in total. The summed E-state index contributed by atoms with van der Waals surface area (Å²) in [6.45, 7) is -1.46. The van der Waals surface area contributed by atoms with E-state index in [0.29, 0.717) is 0 Å². The van der Waals surface area contributed by atoms with E-state index in [1.807, 2.05) is 0 Å². The second-order valence-corrected chi connectivity index (χ2v) is 4.75. The highest BCUT2D eigenvalue weighted by Gasteiger charge is 2.48. The first kappa shape index (κ1) is 17.3. The number of carbonyl (C=O) groups is 1. The van der Waals surface area contributed by atoms with Crippen molar-refractivity contribution in [2.45, 2.75) is 24.3 Å². The van der Waals surface area contributed by atoms with Gasteiger partial charge in [0.25, 0.3) is 0 Å². The number of amides is 1. The molecule has 1 aromatic rings. The van der Waals surface area contributed by atoms with Gasteiger partial charge in [-0.05, 0) is 23.8 Å². The number of rotatable bonds is 1. The fraction of sp³-hybridized carbons (Fsp3) is 0.417. The van der Waals surface area contributed by atoms with Crippen LogP contribution in [0.2, 0.25) is 0 Å². The van der Waals surface area contributed by atoms with Crippen molar-refractivity contribution in [3.8, 4) is 0 Å². The topological polar surface area (TPSA) is 38.3 Å². The first-order valence-corrected chi connectivity index (χ1v) is 5.91. The number of carbonyl (C=O) groups excluding carboxylic acids is 1. The van der Waals surface area contributed by atoms with Crippen molar-refractivity contribution in [1.29, 1.82) is 0 Å². The van der Waals surface area contributed by atoms with E-state index in [1.165, 1.54) is 5.32 Å². The fourth-order valence-corrected chi connectivity index (χ4v) is 1.98. The molecule has 0 unspecified atom stereocenters. The summed E-state index contributed by atoms with van der Waals surface area (Å²) in [5.74, 6) is -3.87. The zero-order valence-electron chi connectivity index (χ0n) is 10.9. The highest BCUT2D eigenvalue weighted by atomic mass is 19.4. The minimum absolute atomic E-state index is 0.138. The molecular formula is C12H7F8NO2. The van der Waals surface area contributed by atoms with Gasteiger partial charge >= 0.3 is 24.4 Å². The molecule has 0 spiro atoms. The summed E-state index contributed by atoms with van der Waals surface area (Å²) >= 11 is 0. The number of nitrogens with one attached hydrogen (secondary N) is 1. The second-order valence-electron chi connectivity index (χ2n) is 4.75. The van der Waals surface area contributed by atoms with Crippen molar-refractivity contribution in [3.05, 3.63) is 34.9 Å². The Balaban J connectivity index is 2.59. The van der Waals surface area contributed by atoms with Crippen LogP contribution in [0, 0.1) is 0 Å². The van der Waals surface area contributed by atoms with Gasteiger partial charge in [0.15, 0.2) is 6.61 Å². The van der Waals surface area contributed by atoms with Gasteiger partial charge in [0.2, 0.25) is 0 Å². The lowest BCUT2D eigenvalue weighted by atomic mass is 9.95. The van der Waals surface area contributed by atoms with Gasteiger partial charge in [0.05, 0.1) is 11.1 Å². The third-order valence-electron chi connectivity index (χ3n) is 3.02. The normalized spacial score (nSPS) is 21.6. The monoisotopic (exact) mass is 349 g/mol. The average Bonchev–Trinajstić information content (AvgIpc) is 2.39. The molecule has 0 bridgehead atoms. The smallest absolute Gasteiger partial charge is 0.416 e. The number of hydrogen-bond acceptors (Lipinski definition) is 2. The Hall–Kier alpha value is -2.07. The Kier molecular flexibility index (Phi) is 3.94. The molecule has 0 aromatic heterocycles. The minimum Gasteiger partial charge on any atom is -0.443 e. The highest BCUT2D eigenvalue weighted by molar-refractivity contribution is 5.69. The van der Waals surface area contributed by atoms with E-state index in [1.54, 1.807) is 0 Å². The Morgan fingerprint density at radius 1 is 1.00 bits per heavy atom. The summed E-state index contributed by atoms with van der Waals surface area (Å²) in [6.07, 6.45) is -11.7. The van der Waals surface area contributed by atoms with Crippen molar-refractivity contribution in [2.24, 2.45) is 0 Å². The van der Waals surface area contributed by atoms with Gasteiger partial charge in [-0.15, -0.1) is 0 Å². The molecule has 0 aliphatic carbocycles. The third-order valence-corrected chi connectivity index (χ3v) is 3.02. The van der Waals surface area contributed by atoms with Gasteiger partial charge in [-0.1, -0.05) is 0 Å². The number of alkyl carbamates (subject to hydrolysis) is 1. The highest BCUT2D eigenvalue weighted by Crippen LogP contribution is 2.41. The van der Waals surface area contributed by atoms with Crippen LogP contribution in [0.4, 0.5) is 39.9 Å². The van der Waals surface area contributed by atoms with Crippen molar-refractivity contribution < 1.29 is 44.7 Å². The molecule has 1 atom stereocenters. The Labute approximate surface area is 123 Å². The summed E-state index contributed by atoms with van der Waals surface area (Å²) in [6, 6.07) is -2.28. The van der Waals surface area contributed by atoms with E-state index in [4.69, 9.17) is 0 Å². The van der Waals surface area contributed by atoms with Crippen LogP contribution in [-0.4, -0.2) is 18.6 Å². The molecule has 128 valence electrons. The van der Waals surface area contributed by atoms with Gasteiger partial charge < -0.3 is 10.1 Å². The molecule has 1 N–H and O–H groups in total. The number of benzene rings is 1. The molecule has 1 aromatic carbocycles. The van der Waals surface area contributed by atoms with E-state index in [9.17, 15) is 39.9 Å². The number of alkyl halides is 8. The number of cyclic esters (lactones) is 1. The molecule has 0 radical (unpaired) electrons. The number of hydrogen-bond donors (Lipinski definition) is 1. The largest absolute Gasteiger partial charge is 0.443 e. The molecule has 1 amide bonds. The van der Waals surface area contributed by atoms with Crippen LogP contribution >= 0.6 is 0 Å². The maximum atomic E-state index is 13.7. The molecular weight excluding hydrogens is 342 g/mol. The van der Waals surface area contributed by atoms with Gasteiger partial charge in [0.1, 0.15) is 6.04 Å². The second kappa shape index (κ2) is 5.24. The average molecular weight is 349 g/mol. The molecule has 1 aliphatic rings.